The number of allylic oxidation sites excluding steroid dienone is 1. The minimum Gasteiger partial charge on any atom is -0.507 e. The normalized spacial score (nSPS) is 23.3. The van der Waals surface area contributed by atoms with Gasteiger partial charge in [0, 0.05) is 0 Å². The fourth-order valence-electron chi connectivity index (χ4n) is 5.05. The summed E-state index contributed by atoms with van der Waals surface area (Å²) in [5, 5.41) is 11.0. The van der Waals surface area contributed by atoms with Crippen molar-refractivity contribution in [2.75, 3.05) is 0 Å². The first kappa shape index (κ1) is 20.3. The molecule has 0 saturated heterocycles. The zero-order chi connectivity index (χ0) is 19.8. The zero-order valence-corrected chi connectivity index (χ0v) is 18.2. The van der Waals surface area contributed by atoms with E-state index >= 15 is 0 Å². The highest BCUT2D eigenvalue weighted by Crippen LogP contribution is 2.53. The Hall–Kier alpha value is -1.44. The van der Waals surface area contributed by atoms with Crippen LogP contribution in [0.15, 0.2) is 17.7 Å². The number of hydrogen-bond donors (Lipinski definition) is 1. The molecule has 0 radical (unpaired) electrons. The lowest BCUT2D eigenvalue weighted by Crippen LogP contribution is -2.37. The minimum absolute atomic E-state index is 0.280. The second kappa shape index (κ2) is 7.89. The van der Waals surface area contributed by atoms with Crippen LogP contribution < -0.4 is 4.74 Å². The van der Waals surface area contributed by atoms with Crippen LogP contribution in [0.2, 0.25) is 0 Å². The molecule has 3 unspecified atom stereocenters. The zero-order valence-electron chi connectivity index (χ0n) is 18.2. The molecule has 3 atom stereocenters. The van der Waals surface area contributed by atoms with Crippen molar-refractivity contribution in [3.8, 4) is 11.5 Å². The number of phenolic OH excluding ortho intramolecular Hbond substituents is 1. The van der Waals surface area contributed by atoms with Gasteiger partial charge >= 0.3 is 0 Å². The van der Waals surface area contributed by atoms with E-state index in [1.807, 2.05) is 6.07 Å². The van der Waals surface area contributed by atoms with E-state index < -0.39 is 0 Å². The van der Waals surface area contributed by atoms with Gasteiger partial charge in [0.05, 0.1) is 5.56 Å². The van der Waals surface area contributed by atoms with Gasteiger partial charge in [-0.1, -0.05) is 53.4 Å². The van der Waals surface area contributed by atoms with E-state index in [0.29, 0.717) is 23.5 Å². The number of fused-ring (bicyclic) bond motifs is 2. The smallest absolute Gasteiger partial charge is 0.132 e. The summed E-state index contributed by atoms with van der Waals surface area (Å²) in [6.07, 6.45) is 8.59. The molecule has 0 spiro atoms. The number of aromatic hydroxyl groups is 1. The molecule has 2 nitrogen and oxygen atoms in total. The summed E-state index contributed by atoms with van der Waals surface area (Å²) in [4.78, 5) is 0. The Kier molecular flexibility index (Phi) is 5.93. The third kappa shape index (κ3) is 3.91. The summed E-state index contributed by atoms with van der Waals surface area (Å²) in [5.74, 6) is 2.80. The lowest BCUT2D eigenvalue weighted by Gasteiger charge is -2.42. The molecule has 1 aliphatic carbocycles. The Morgan fingerprint density at radius 2 is 1.96 bits per heavy atom. The van der Waals surface area contributed by atoms with Gasteiger partial charge in [0.2, 0.25) is 0 Å². The highest BCUT2D eigenvalue weighted by Gasteiger charge is 2.39. The SMILES string of the molecule is CCCCCC(C)C(C)c1cc(O)c2c(c1)OC(C)(C)C1=C2C(C)CCC1. The molecule has 150 valence electrons. The molecule has 1 N–H and O–H groups in total. The molecule has 1 aromatic carbocycles. The number of unbranched alkanes of at least 4 members (excludes halogenated alkanes) is 2. The Morgan fingerprint density at radius 3 is 2.67 bits per heavy atom. The van der Waals surface area contributed by atoms with E-state index in [1.54, 1.807) is 0 Å². The summed E-state index contributed by atoms with van der Waals surface area (Å²) in [7, 11) is 0. The molecule has 0 bridgehead atoms. The second-order valence-electron chi connectivity index (χ2n) is 9.47. The third-order valence-corrected chi connectivity index (χ3v) is 6.99. The molecular weight excluding hydrogens is 332 g/mol. The molecule has 1 aliphatic heterocycles. The van der Waals surface area contributed by atoms with Crippen LogP contribution in [-0.4, -0.2) is 10.7 Å². The summed E-state index contributed by atoms with van der Waals surface area (Å²) in [6, 6.07) is 4.22. The predicted octanol–water partition coefficient (Wildman–Crippen LogP) is 7.46. The van der Waals surface area contributed by atoms with Gasteiger partial charge in [-0.2, -0.15) is 0 Å². The number of rotatable bonds is 6. The maximum absolute atomic E-state index is 11.0. The van der Waals surface area contributed by atoms with Gasteiger partial charge in [-0.15, -0.1) is 0 Å². The average molecular weight is 371 g/mol. The van der Waals surface area contributed by atoms with Crippen molar-refractivity contribution in [1.29, 1.82) is 0 Å². The van der Waals surface area contributed by atoms with E-state index in [0.717, 1.165) is 17.7 Å². The molecule has 0 aromatic heterocycles. The monoisotopic (exact) mass is 370 g/mol. The van der Waals surface area contributed by atoms with Crippen LogP contribution in [0, 0.1) is 11.8 Å². The first-order valence-corrected chi connectivity index (χ1v) is 11.1. The summed E-state index contributed by atoms with van der Waals surface area (Å²) < 4.78 is 6.47. The van der Waals surface area contributed by atoms with E-state index in [4.69, 9.17) is 4.74 Å². The maximum atomic E-state index is 11.0. The molecule has 27 heavy (non-hydrogen) atoms. The van der Waals surface area contributed by atoms with Crippen LogP contribution >= 0.6 is 0 Å². The minimum atomic E-state index is -0.280. The summed E-state index contributed by atoms with van der Waals surface area (Å²) in [5.41, 5.74) is 4.63. The Balaban J connectivity index is 1.96. The average Bonchev–Trinajstić information content (AvgIpc) is 2.60. The fourth-order valence-corrected chi connectivity index (χ4v) is 5.05. The van der Waals surface area contributed by atoms with Gasteiger partial charge in [-0.05, 0) is 79.7 Å². The highest BCUT2D eigenvalue weighted by molar-refractivity contribution is 5.82. The first-order valence-electron chi connectivity index (χ1n) is 11.1. The van der Waals surface area contributed by atoms with Crippen LogP contribution in [0.3, 0.4) is 0 Å². The number of hydrogen-bond acceptors (Lipinski definition) is 2. The third-order valence-electron chi connectivity index (χ3n) is 6.99. The van der Waals surface area contributed by atoms with Crippen LogP contribution in [0.25, 0.3) is 5.57 Å². The van der Waals surface area contributed by atoms with Crippen molar-refractivity contribution < 1.29 is 9.84 Å². The Labute approximate surface area is 166 Å². The van der Waals surface area contributed by atoms with E-state index in [1.165, 1.54) is 55.2 Å². The number of phenols is 1. The fraction of sp³-hybridized carbons (Fsp3) is 0.680. The second-order valence-corrected chi connectivity index (χ2v) is 9.47. The van der Waals surface area contributed by atoms with Gasteiger partial charge in [0.1, 0.15) is 17.1 Å². The molecular formula is C25H38O2. The van der Waals surface area contributed by atoms with Crippen LogP contribution in [-0.2, 0) is 0 Å². The highest BCUT2D eigenvalue weighted by atomic mass is 16.5. The van der Waals surface area contributed by atoms with Crippen LogP contribution in [0.5, 0.6) is 11.5 Å². The van der Waals surface area contributed by atoms with Gasteiger partial charge in [-0.3, -0.25) is 0 Å². The molecule has 2 aliphatic rings. The van der Waals surface area contributed by atoms with Crippen molar-refractivity contribution >= 4 is 5.57 Å². The Morgan fingerprint density at radius 1 is 1.22 bits per heavy atom. The molecule has 0 saturated carbocycles. The van der Waals surface area contributed by atoms with Crippen molar-refractivity contribution in [3.63, 3.8) is 0 Å². The van der Waals surface area contributed by atoms with Crippen molar-refractivity contribution in [1.82, 2.24) is 0 Å². The lowest BCUT2D eigenvalue weighted by atomic mass is 9.72. The maximum Gasteiger partial charge on any atom is 0.132 e. The number of ether oxygens (including phenoxy) is 1. The van der Waals surface area contributed by atoms with Gasteiger partial charge in [0.15, 0.2) is 0 Å². The van der Waals surface area contributed by atoms with Crippen molar-refractivity contribution in [3.05, 3.63) is 28.8 Å². The van der Waals surface area contributed by atoms with Crippen LogP contribution in [0.4, 0.5) is 0 Å². The van der Waals surface area contributed by atoms with E-state index in [-0.39, 0.29) is 5.60 Å². The van der Waals surface area contributed by atoms with E-state index in [9.17, 15) is 5.11 Å². The summed E-state index contributed by atoms with van der Waals surface area (Å²) in [6.45, 7) is 13.5. The molecule has 3 rings (SSSR count). The number of benzene rings is 1. The molecule has 1 aromatic rings. The quantitative estimate of drug-likeness (QED) is 0.527. The molecule has 1 heterocycles. The predicted molar refractivity (Wildman–Crippen MR) is 114 cm³/mol. The summed E-state index contributed by atoms with van der Waals surface area (Å²) >= 11 is 0. The topological polar surface area (TPSA) is 29.5 Å². The van der Waals surface area contributed by atoms with Gasteiger partial charge in [0.25, 0.3) is 0 Å². The van der Waals surface area contributed by atoms with Crippen molar-refractivity contribution in [2.24, 2.45) is 11.8 Å². The van der Waals surface area contributed by atoms with Gasteiger partial charge < -0.3 is 9.84 Å². The van der Waals surface area contributed by atoms with Crippen molar-refractivity contribution in [2.45, 2.75) is 98.0 Å². The standard InChI is InChI=1S/C25H38O2/c1-7-8-9-11-16(2)18(4)19-14-21(26)24-22(15-19)27-25(5,6)20-13-10-12-17(3)23(20)24/h14-18,26H,7-13H2,1-6H3. The van der Waals surface area contributed by atoms with Gasteiger partial charge in [-0.25, -0.2) is 0 Å². The van der Waals surface area contributed by atoms with E-state index in [2.05, 4.69) is 47.6 Å². The largest absolute Gasteiger partial charge is 0.507 e. The first-order chi connectivity index (χ1) is 12.8. The Bertz CT molecular complexity index is 713. The van der Waals surface area contributed by atoms with Crippen LogP contribution in [0.1, 0.15) is 104 Å². The lowest BCUT2D eigenvalue weighted by molar-refractivity contribution is 0.135. The molecule has 2 heteroatoms. The molecule has 0 amide bonds. The molecule has 0 fully saturated rings.